The Hall–Kier alpha value is -2.01. The molecule has 0 aliphatic heterocycles. The molecule has 6 heteroatoms. The molecule has 1 aromatic heterocycles. The van der Waals surface area contributed by atoms with Crippen molar-refractivity contribution in [3.63, 3.8) is 0 Å². The molecule has 0 aliphatic rings. The molecule has 1 N–H and O–H groups in total. The third-order valence-electron chi connectivity index (χ3n) is 2.43. The van der Waals surface area contributed by atoms with Gasteiger partial charge in [0.1, 0.15) is 0 Å². The molecule has 0 bridgehead atoms. The largest absolute Gasteiger partial charge is 0.348 e. The predicted octanol–water partition coefficient (Wildman–Crippen LogP) is 2.94. The number of nitrogens with zero attached hydrogens (tertiary/aromatic N) is 1. The number of pyridine rings is 1. The Labute approximate surface area is 113 Å². The smallest absolute Gasteiger partial charge is 0.254 e. The van der Waals surface area contributed by atoms with Gasteiger partial charge < -0.3 is 5.32 Å². The molecule has 98 valence electrons. The Balaban J connectivity index is 2.08. The zero-order valence-corrected chi connectivity index (χ0v) is 10.4. The van der Waals surface area contributed by atoms with E-state index in [1.165, 1.54) is 0 Å². The average molecular weight is 283 g/mol. The van der Waals surface area contributed by atoms with Crippen LogP contribution in [0.5, 0.6) is 0 Å². The molecule has 19 heavy (non-hydrogen) atoms. The molecule has 0 saturated carbocycles. The highest BCUT2D eigenvalue weighted by Crippen LogP contribution is 2.12. The molecule has 1 heterocycles. The fourth-order valence-corrected chi connectivity index (χ4v) is 1.73. The Kier molecular flexibility index (Phi) is 4.06. The fraction of sp³-hybridized carbons (Fsp3) is 0.0769. The molecular formula is C13H9ClF2N2O. The van der Waals surface area contributed by atoms with Crippen LogP contribution in [0.2, 0.25) is 5.02 Å². The van der Waals surface area contributed by atoms with Gasteiger partial charge in [-0.3, -0.25) is 4.79 Å². The second-order valence-corrected chi connectivity index (χ2v) is 4.21. The molecule has 0 radical (unpaired) electrons. The maximum absolute atomic E-state index is 13.3. The van der Waals surface area contributed by atoms with Crippen molar-refractivity contribution in [2.24, 2.45) is 0 Å². The van der Waals surface area contributed by atoms with Gasteiger partial charge in [-0.25, -0.2) is 9.37 Å². The van der Waals surface area contributed by atoms with Gasteiger partial charge in [0.2, 0.25) is 5.95 Å². The average Bonchev–Trinajstić information content (AvgIpc) is 2.39. The molecule has 1 amide bonds. The van der Waals surface area contributed by atoms with Crippen molar-refractivity contribution in [1.29, 1.82) is 0 Å². The minimum Gasteiger partial charge on any atom is -0.348 e. The van der Waals surface area contributed by atoms with Gasteiger partial charge in [-0.15, -0.1) is 0 Å². The summed E-state index contributed by atoms with van der Waals surface area (Å²) in [7, 11) is 0. The number of hydrogen-bond donors (Lipinski definition) is 1. The van der Waals surface area contributed by atoms with E-state index in [1.807, 2.05) is 0 Å². The summed E-state index contributed by atoms with van der Waals surface area (Å²) in [4.78, 5) is 14.8. The van der Waals surface area contributed by atoms with E-state index in [9.17, 15) is 13.6 Å². The quantitative estimate of drug-likeness (QED) is 0.880. The monoisotopic (exact) mass is 282 g/mol. The lowest BCUT2D eigenvalue weighted by molar-refractivity contribution is 0.0945. The molecule has 2 rings (SSSR count). The van der Waals surface area contributed by atoms with Crippen LogP contribution in [-0.4, -0.2) is 10.9 Å². The number of nitrogens with one attached hydrogen (secondary N) is 1. The number of benzene rings is 1. The molecule has 0 aliphatic carbocycles. The molecule has 0 atom stereocenters. The van der Waals surface area contributed by atoms with Gasteiger partial charge in [-0.1, -0.05) is 23.7 Å². The second kappa shape index (κ2) is 5.75. The van der Waals surface area contributed by atoms with Gasteiger partial charge in [0.05, 0.1) is 5.56 Å². The van der Waals surface area contributed by atoms with E-state index < -0.39 is 17.7 Å². The van der Waals surface area contributed by atoms with Gasteiger partial charge in [0, 0.05) is 17.8 Å². The molecule has 1 aromatic carbocycles. The van der Waals surface area contributed by atoms with E-state index >= 15 is 0 Å². The highest BCUT2D eigenvalue weighted by atomic mass is 35.5. The predicted molar refractivity (Wildman–Crippen MR) is 66.8 cm³/mol. The first-order valence-electron chi connectivity index (χ1n) is 5.40. The first-order valence-corrected chi connectivity index (χ1v) is 5.78. The van der Waals surface area contributed by atoms with Crippen molar-refractivity contribution in [3.8, 4) is 0 Å². The third kappa shape index (κ3) is 3.26. The number of hydrogen-bond acceptors (Lipinski definition) is 2. The number of rotatable bonds is 3. The topological polar surface area (TPSA) is 42.0 Å². The van der Waals surface area contributed by atoms with Crippen LogP contribution in [0, 0.1) is 11.8 Å². The van der Waals surface area contributed by atoms with Gasteiger partial charge in [0.25, 0.3) is 5.91 Å². The van der Waals surface area contributed by atoms with Crippen LogP contribution in [0.25, 0.3) is 0 Å². The third-order valence-corrected chi connectivity index (χ3v) is 2.67. The van der Waals surface area contributed by atoms with Gasteiger partial charge in [-0.2, -0.15) is 4.39 Å². The summed E-state index contributed by atoms with van der Waals surface area (Å²) in [6, 6.07) is 7.98. The van der Waals surface area contributed by atoms with Crippen LogP contribution in [-0.2, 0) is 6.54 Å². The molecular weight excluding hydrogens is 274 g/mol. The lowest BCUT2D eigenvalue weighted by Crippen LogP contribution is -2.24. The van der Waals surface area contributed by atoms with Crippen molar-refractivity contribution in [2.75, 3.05) is 0 Å². The van der Waals surface area contributed by atoms with Crippen LogP contribution in [0.15, 0.2) is 36.5 Å². The van der Waals surface area contributed by atoms with E-state index in [1.54, 1.807) is 24.3 Å². The highest BCUT2D eigenvalue weighted by molar-refractivity contribution is 6.30. The van der Waals surface area contributed by atoms with Crippen molar-refractivity contribution in [2.45, 2.75) is 6.54 Å². The zero-order chi connectivity index (χ0) is 13.8. The molecule has 0 spiro atoms. The second-order valence-electron chi connectivity index (χ2n) is 3.78. The standard InChI is InChI=1S/C13H9ClF2N2O/c14-9-3-1-2-8(6-9)7-18-13(19)10-4-5-17-12(16)11(10)15/h1-6H,7H2,(H,18,19). The number of carbonyl (C=O) groups excluding carboxylic acids is 1. The maximum Gasteiger partial charge on any atom is 0.254 e. The van der Waals surface area contributed by atoms with E-state index in [2.05, 4.69) is 10.3 Å². The first-order chi connectivity index (χ1) is 9.08. The number of amides is 1. The SMILES string of the molecule is O=C(NCc1cccc(Cl)c1)c1ccnc(F)c1F. The number of aromatic nitrogens is 1. The lowest BCUT2D eigenvalue weighted by atomic mass is 10.2. The van der Waals surface area contributed by atoms with Crippen LogP contribution >= 0.6 is 11.6 Å². The molecule has 0 saturated heterocycles. The Morgan fingerprint density at radius 1 is 1.32 bits per heavy atom. The van der Waals surface area contributed by atoms with Crippen LogP contribution in [0.1, 0.15) is 15.9 Å². The van der Waals surface area contributed by atoms with E-state index in [4.69, 9.17) is 11.6 Å². The fourth-order valence-electron chi connectivity index (χ4n) is 1.52. The van der Waals surface area contributed by atoms with Gasteiger partial charge in [0.15, 0.2) is 5.82 Å². The van der Waals surface area contributed by atoms with Crippen LogP contribution in [0.3, 0.4) is 0 Å². The lowest BCUT2D eigenvalue weighted by Gasteiger charge is -2.06. The summed E-state index contributed by atoms with van der Waals surface area (Å²) in [6.45, 7) is 0.169. The van der Waals surface area contributed by atoms with E-state index in [-0.39, 0.29) is 12.1 Å². The number of carbonyl (C=O) groups is 1. The minimum atomic E-state index is -1.30. The van der Waals surface area contributed by atoms with Crippen molar-refractivity contribution < 1.29 is 13.6 Å². The van der Waals surface area contributed by atoms with Gasteiger partial charge in [-0.05, 0) is 23.8 Å². The molecule has 0 fully saturated rings. The normalized spacial score (nSPS) is 10.3. The zero-order valence-electron chi connectivity index (χ0n) is 9.66. The molecule has 2 aromatic rings. The Morgan fingerprint density at radius 3 is 2.84 bits per heavy atom. The molecule has 3 nitrogen and oxygen atoms in total. The van der Waals surface area contributed by atoms with Crippen molar-refractivity contribution in [3.05, 3.63) is 64.4 Å². The van der Waals surface area contributed by atoms with E-state index in [0.29, 0.717) is 5.02 Å². The number of halogens is 3. The van der Waals surface area contributed by atoms with Crippen LogP contribution in [0.4, 0.5) is 8.78 Å². The first kappa shape index (κ1) is 13.4. The van der Waals surface area contributed by atoms with Gasteiger partial charge >= 0.3 is 0 Å². The minimum absolute atomic E-state index is 0.169. The molecule has 0 unspecified atom stereocenters. The highest BCUT2D eigenvalue weighted by Gasteiger charge is 2.15. The summed E-state index contributed by atoms with van der Waals surface area (Å²) in [5.74, 6) is -3.26. The Morgan fingerprint density at radius 2 is 2.11 bits per heavy atom. The summed E-state index contributed by atoms with van der Waals surface area (Å²) < 4.78 is 26.2. The summed E-state index contributed by atoms with van der Waals surface area (Å²) in [5.41, 5.74) is 0.380. The summed E-state index contributed by atoms with van der Waals surface area (Å²) >= 11 is 5.79. The summed E-state index contributed by atoms with van der Waals surface area (Å²) in [5, 5.41) is 3.01. The van der Waals surface area contributed by atoms with Crippen molar-refractivity contribution >= 4 is 17.5 Å². The van der Waals surface area contributed by atoms with Crippen molar-refractivity contribution in [1.82, 2.24) is 10.3 Å². The maximum atomic E-state index is 13.3. The summed E-state index contributed by atoms with van der Waals surface area (Å²) in [6.07, 6.45) is 1.03. The van der Waals surface area contributed by atoms with E-state index in [0.717, 1.165) is 17.8 Å². The van der Waals surface area contributed by atoms with Crippen LogP contribution < -0.4 is 5.32 Å². The Bertz CT molecular complexity index is 619.